The Labute approximate surface area is 137 Å². The number of rotatable bonds is 6. The van der Waals surface area contributed by atoms with Crippen molar-refractivity contribution < 1.29 is 9.59 Å². The quantitative estimate of drug-likeness (QED) is 0.593. The fraction of sp³-hybridized carbons (Fsp3) is 0.333. The highest BCUT2D eigenvalue weighted by Gasteiger charge is 2.10. The highest BCUT2D eigenvalue weighted by atomic mass is 35.5. The maximum absolute atomic E-state index is 11.6. The van der Waals surface area contributed by atoms with Crippen molar-refractivity contribution in [2.45, 2.75) is 0 Å². The summed E-state index contributed by atoms with van der Waals surface area (Å²) < 4.78 is 0. The molecule has 0 saturated heterocycles. The van der Waals surface area contributed by atoms with Crippen LogP contribution in [-0.4, -0.2) is 36.9 Å². The zero-order valence-corrected chi connectivity index (χ0v) is 13.3. The maximum Gasteiger partial charge on any atom is 0.319 e. The molecular weight excluding hydrogens is 339 g/mol. The number of amides is 4. The van der Waals surface area contributed by atoms with E-state index in [0.717, 1.165) is 0 Å². The number of nitrogens with one attached hydrogen (secondary N) is 4. The SMILES string of the molecule is O=C(NCCCl)Nc1ccc(Cl)cc1NC(=O)NCCCl. The summed E-state index contributed by atoms with van der Waals surface area (Å²) in [4.78, 5) is 23.2. The van der Waals surface area contributed by atoms with Crippen LogP contribution in [0.2, 0.25) is 5.02 Å². The number of carbonyl (C=O) groups is 2. The number of urea groups is 2. The summed E-state index contributed by atoms with van der Waals surface area (Å²) in [5.41, 5.74) is 0.781. The number of hydrogen-bond donors (Lipinski definition) is 4. The van der Waals surface area contributed by atoms with Crippen molar-refractivity contribution >= 4 is 58.2 Å². The number of alkyl halides is 2. The minimum atomic E-state index is -0.442. The Hall–Kier alpha value is -1.37. The maximum atomic E-state index is 11.6. The van der Waals surface area contributed by atoms with E-state index in [1.54, 1.807) is 12.1 Å². The molecule has 4 amide bonds. The highest BCUT2D eigenvalue weighted by Crippen LogP contribution is 2.25. The van der Waals surface area contributed by atoms with Gasteiger partial charge in [-0.15, -0.1) is 23.2 Å². The van der Waals surface area contributed by atoms with Crippen molar-refractivity contribution in [3.8, 4) is 0 Å². The summed E-state index contributed by atoms with van der Waals surface area (Å²) >= 11 is 16.9. The van der Waals surface area contributed by atoms with Crippen LogP contribution in [0.4, 0.5) is 21.0 Å². The smallest absolute Gasteiger partial charge is 0.319 e. The minimum Gasteiger partial charge on any atom is -0.337 e. The molecule has 116 valence electrons. The van der Waals surface area contributed by atoms with Crippen LogP contribution < -0.4 is 21.3 Å². The van der Waals surface area contributed by atoms with E-state index in [9.17, 15) is 9.59 Å². The van der Waals surface area contributed by atoms with E-state index in [4.69, 9.17) is 34.8 Å². The number of hydrogen-bond acceptors (Lipinski definition) is 2. The predicted octanol–water partition coefficient (Wildman–Crippen LogP) is 3.06. The second kappa shape index (κ2) is 9.55. The van der Waals surface area contributed by atoms with Gasteiger partial charge in [0.2, 0.25) is 0 Å². The molecule has 0 aliphatic heterocycles. The van der Waals surface area contributed by atoms with Gasteiger partial charge in [-0.25, -0.2) is 9.59 Å². The van der Waals surface area contributed by atoms with Gasteiger partial charge in [-0.05, 0) is 18.2 Å². The molecule has 0 aliphatic rings. The monoisotopic (exact) mass is 352 g/mol. The second-order valence-corrected chi connectivity index (χ2v) is 5.02. The van der Waals surface area contributed by atoms with Crippen LogP contribution in [0.25, 0.3) is 0 Å². The first-order valence-electron chi connectivity index (χ1n) is 6.08. The van der Waals surface area contributed by atoms with Crippen LogP contribution >= 0.6 is 34.8 Å². The van der Waals surface area contributed by atoms with Crippen LogP contribution in [0.1, 0.15) is 0 Å². The zero-order chi connectivity index (χ0) is 15.7. The standard InChI is InChI=1S/C12H15Cl3N4O2/c13-3-5-16-11(20)18-9-2-1-8(15)7-10(9)19-12(21)17-6-4-14/h1-2,7H,3-6H2,(H2,16,18,20)(H2,17,19,21). The average molecular weight is 354 g/mol. The lowest BCUT2D eigenvalue weighted by Gasteiger charge is -2.13. The zero-order valence-electron chi connectivity index (χ0n) is 11.0. The van der Waals surface area contributed by atoms with Gasteiger partial charge in [-0.3, -0.25) is 0 Å². The van der Waals surface area contributed by atoms with Crippen LogP contribution in [0.5, 0.6) is 0 Å². The molecule has 6 nitrogen and oxygen atoms in total. The molecule has 1 rings (SSSR count). The van der Waals surface area contributed by atoms with E-state index in [1.165, 1.54) is 6.07 Å². The minimum absolute atomic E-state index is 0.301. The fourth-order valence-corrected chi connectivity index (χ4v) is 1.74. The average Bonchev–Trinajstić information content (AvgIpc) is 2.45. The Kier molecular flexibility index (Phi) is 8.04. The Morgan fingerprint density at radius 3 is 1.95 bits per heavy atom. The fourth-order valence-electron chi connectivity index (χ4n) is 1.38. The third-order valence-electron chi connectivity index (χ3n) is 2.24. The Bertz CT molecular complexity index is 499. The van der Waals surface area contributed by atoms with Crippen LogP contribution in [-0.2, 0) is 0 Å². The number of benzene rings is 1. The molecule has 0 aliphatic carbocycles. The summed E-state index contributed by atoms with van der Waals surface area (Å²) in [5, 5.41) is 10.7. The van der Waals surface area contributed by atoms with E-state index in [1.807, 2.05) is 0 Å². The molecule has 0 aromatic heterocycles. The van der Waals surface area contributed by atoms with E-state index < -0.39 is 12.1 Å². The molecule has 0 heterocycles. The van der Waals surface area contributed by atoms with E-state index >= 15 is 0 Å². The van der Waals surface area contributed by atoms with Crippen molar-refractivity contribution in [3.63, 3.8) is 0 Å². The van der Waals surface area contributed by atoms with Gasteiger partial charge in [0, 0.05) is 29.9 Å². The van der Waals surface area contributed by atoms with Gasteiger partial charge in [0.25, 0.3) is 0 Å². The second-order valence-electron chi connectivity index (χ2n) is 3.83. The van der Waals surface area contributed by atoms with Gasteiger partial charge >= 0.3 is 12.1 Å². The van der Waals surface area contributed by atoms with Gasteiger partial charge in [0.15, 0.2) is 0 Å². The molecule has 1 aromatic rings. The molecule has 0 saturated carbocycles. The van der Waals surface area contributed by atoms with Crippen molar-refractivity contribution in [1.82, 2.24) is 10.6 Å². The van der Waals surface area contributed by atoms with Crippen molar-refractivity contribution in [1.29, 1.82) is 0 Å². The lowest BCUT2D eigenvalue weighted by atomic mass is 10.2. The van der Waals surface area contributed by atoms with Crippen molar-refractivity contribution in [2.24, 2.45) is 0 Å². The summed E-state index contributed by atoms with van der Waals surface area (Å²) in [6.45, 7) is 0.660. The number of anilines is 2. The van der Waals surface area contributed by atoms with Crippen molar-refractivity contribution in [2.75, 3.05) is 35.5 Å². The first-order valence-corrected chi connectivity index (χ1v) is 7.52. The normalized spacial score (nSPS) is 9.86. The van der Waals surface area contributed by atoms with Gasteiger partial charge in [-0.1, -0.05) is 11.6 Å². The molecule has 0 atom stereocenters. The lowest BCUT2D eigenvalue weighted by molar-refractivity contribution is 0.251. The third-order valence-corrected chi connectivity index (χ3v) is 2.85. The van der Waals surface area contributed by atoms with Crippen molar-refractivity contribution in [3.05, 3.63) is 23.2 Å². The van der Waals surface area contributed by atoms with Gasteiger partial charge in [0.1, 0.15) is 0 Å². The molecule has 0 bridgehead atoms. The molecular formula is C12H15Cl3N4O2. The van der Waals surface area contributed by atoms with Gasteiger partial charge < -0.3 is 21.3 Å². The number of halogens is 3. The van der Waals surface area contributed by atoms with Crippen LogP contribution in [0.15, 0.2) is 18.2 Å². The van der Waals surface area contributed by atoms with Gasteiger partial charge in [0.05, 0.1) is 11.4 Å². The Balaban J connectivity index is 2.74. The third kappa shape index (κ3) is 6.75. The molecule has 1 aromatic carbocycles. The number of carbonyl (C=O) groups excluding carboxylic acids is 2. The summed E-state index contributed by atoms with van der Waals surface area (Å²) in [7, 11) is 0. The molecule has 0 unspecified atom stereocenters. The summed E-state index contributed by atoms with van der Waals surface area (Å²) in [6.07, 6.45) is 0. The van der Waals surface area contributed by atoms with Crippen LogP contribution in [0, 0.1) is 0 Å². The van der Waals surface area contributed by atoms with Gasteiger partial charge in [-0.2, -0.15) is 0 Å². The molecule has 4 N–H and O–H groups in total. The summed E-state index contributed by atoms with van der Waals surface area (Å²) in [5.74, 6) is 0.606. The predicted molar refractivity (Wildman–Crippen MR) is 86.9 cm³/mol. The first-order chi connectivity index (χ1) is 10.1. The molecule has 21 heavy (non-hydrogen) atoms. The molecule has 0 fully saturated rings. The molecule has 9 heteroatoms. The lowest BCUT2D eigenvalue weighted by Crippen LogP contribution is -2.32. The largest absolute Gasteiger partial charge is 0.337 e. The topological polar surface area (TPSA) is 82.3 Å². The van der Waals surface area contributed by atoms with Crippen LogP contribution in [0.3, 0.4) is 0 Å². The Morgan fingerprint density at radius 1 is 0.905 bits per heavy atom. The van der Waals surface area contributed by atoms with E-state index in [2.05, 4.69) is 21.3 Å². The highest BCUT2D eigenvalue weighted by molar-refractivity contribution is 6.31. The molecule has 0 spiro atoms. The molecule has 0 radical (unpaired) electrons. The Morgan fingerprint density at radius 2 is 1.43 bits per heavy atom. The summed E-state index contributed by atoms with van der Waals surface area (Å²) in [6, 6.07) is 3.84. The first kappa shape index (κ1) is 17.7. The van der Waals surface area contributed by atoms with E-state index in [-0.39, 0.29) is 0 Å². The van der Waals surface area contributed by atoms with E-state index in [0.29, 0.717) is 41.2 Å².